The van der Waals surface area contributed by atoms with Gasteiger partial charge in [0.2, 0.25) is 5.95 Å². The van der Waals surface area contributed by atoms with Gasteiger partial charge in [-0.2, -0.15) is 4.98 Å². The quantitative estimate of drug-likeness (QED) is 0.443. The van der Waals surface area contributed by atoms with E-state index in [0.29, 0.717) is 17.3 Å². The third-order valence-corrected chi connectivity index (χ3v) is 5.59. The van der Waals surface area contributed by atoms with E-state index < -0.39 is 0 Å². The predicted octanol–water partition coefficient (Wildman–Crippen LogP) is 4.60. The van der Waals surface area contributed by atoms with Gasteiger partial charge < -0.3 is 14.8 Å². The predicted molar refractivity (Wildman–Crippen MR) is 130 cm³/mol. The summed E-state index contributed by atoms with van der Waals surface area (Å²) >= 11 is 0. The first-order valence-electron chi connectivity index (χ1n) is 10.7. The fraction of sp³-hybridized carbons (Fsp3) is 0.115. The first kappa shape index (κ1) is 21.3. The number of methoxy groups -OCH3 is 2. The van der Waals surface area contributed by atoms with Gasteiger partial charge in [-0.3, -0.25) is 10.1 Å². The molecule has 1 amide bonds. The van der Waals surface area contributed by atoms with Crippen LogP contribution in [0.4, 0.5) is 11.9 Å². The second-order valence-electron chi connectivity index (χ2n) is 7.68. The summed E-state index contributed by atoms with van der Waals surface area (Å²) in [4.78, 5) is 17.3. The molecule has 1 atom stereocenters. The van der Waals surface area contributed by atoms with Crippen molar-refractivity contribution in [1.82, 2.24) is 14.8 Å². The van der Waals surface area contributed by atoms with Crippen molar-refractivity contribution in [2.45, 2.75) is 6.04 Å². The molecular formula is C26H23N5O3. The molecule has 3 aromatic carbocycles. The molecule has 4 aromatic rings. The average Bonchev–Trinajstić information content (AvgIpc) is 3.31. The van der Waals surface area contributed by atoms with E-state index in [1.807, 2.05) is 54.6 Å². The molecule has 170 valence electrons. The maximum Gasteiger partial charge on any atom is 0.258 e. The van der Waals surface area contributed by atoms with Crippen LogP contribution in [0, 0.1) is 0 Å². The van der Waals surface area contributed by atoms with Crippen molar-refractivity contribution in [2.24, 2.45) is 0 Å². The molecule has 1 aromatic heterocycles. The number of rotatable bonds is 6. The molecule has 0 fully saturated rings. The third-order valence-electron chi connectivity index (χ3n) is 5.59. The highest BCUT2D eigenvalue weighted by atomic mass is 16.5. The summed E-state index contributed by atoms with van der Waals surface area (Å²) < 4.78 is 12.2. The smallest absolute Gasteiger partial charge is 0.258 e. The molecule has 1 unspecified atom stereocenters. The first-order valence-corrected chi connectivity index (χ1v) is 10.7. The summed E-state index contributed by atoms with van der Waals surface area (Å²) in [5, 5.41) is 10.7. The van der Waals surface area contributed by atoms with Crippen molar-refractivity contribution in [3.8, 4) is 11.5 Å². The van der Waals surface area contributed by atoms with Crippen LogP contribution in [0.2, 0.25) is 0 Å². The number of amides is 1. The Kier molecular flexibility index (Phi) is 5.70. The van der Waals surface area contributed by atoms with Crippen LogP contribution < -0.4 is 20.1 Å². The van der Waals surface area contributed by atoms with E-state index in [9.17, 15) is 4.79 Å². The van der Waals surface area contributed by atoms with Crippen molar-refractivity contribution in [1.29, 1.82) is 0 Å². The molecule has 0 aliphatic carbocycles. The molecule has 0 spiro atoms. The average molecular weight is 454 g/mol. The molecule has 1 aliphatic heterocycles. The van der Waals surface area contributed by atoms with Crippen LogP contribution in [-0.2, 0) is 0 Å². The van der Waals surface area contributed by atoms with Gasteiger partial charge in [0.1, 0.15) is 17.5 Å². The first-order chi connectivity index (χ1) is 16.6. The molecular weight excluding hydrogens is 430 g/mol. The van der Waals surface area contributed by atoms with E-state index in [1.165, 1.54) is 0 Å². The Balaban J connectivity index is 1.47. The van der Waals surface area contributed by atoms with E-state index in [0.717, 1.165) is 22.6 Å². The zero-order valence-corrected chi connectivity index (χ0v) is 18.7. The molecule has 8 heteroatoms. The molecule has 0 bridgehead atoms. The van der Waals surface area contributed by atoms with Gasteiger partial charge in [0.15, 0.2) is 0 Å². The SMILES string of the molecule is COc1ccc(C(=O)Nc2nc3n(n2)C(c2ccc(OC)cc2)C=C(c2ccccc2)N3)cc1. The number of aromatic nitrogens is 3. The van der Waals surface area contributed by atoms with Crippen LogP contribution in [0.5, 0.6) is 11.5 Å². The summed E-state index contributed by atoms with van der Waals surface area (Å²) in [6.45, 7) is 0. The summed E-state index contributed by atoms with van der Waals surface area (Å²) in [5.74, 6) is 1.90. The molecule has 2 heterocycles. The van der Waals surface area contributed by atoms with Crippen molar-refractivity contribution in [2.75, 3.05) is 24.9 Å². The fourth-order valence-corrected chi connectivity index (χ4v) is 3.79. The summed E-state index contributed by atoms with van der Waals surface area (Å²) in [5.41, 5.74) is 3.43. The van der Waals surface area contributed by atoms with Crippen LogP contribution in [0.15, 0.2) is 84.9 Å². The van der Waals surface area contributed by atoms with Crippen LogP contribution in [0.1, 0.15) is 27.5 Å². The Bertz CT molecular complexity index is 1330. The highest BCUT2D eigenvalue weighted by molar-refractivity contribution is 6.03. The monoisotopic (exact) mass is 453 g/mol. The number of nitrogens with one attached hydrogen (secondary N) is 2. The summed E-state index contributed by atoms with van der Waals surface area (Å²) in [6.07, 6.45) is 2.09. The van der Waals surface area contributed by atoms with Gasteiger partial charge in [-0.05, 0) is 53.6 Å². The number of hydrogen-bond donors (Lipinski definition) is 2. The zero-order chi connectivity index (χ0) is 23.5. The Morgan fingerprint density at radius 1 is 0.912 bits per heavy atom. The van der Waals surface area contributed by atoms with Crippen molar-refractivity contribution < 1.29 is 14.3 Å². The van der Waals surface area contributed by atoms with Gasteiger partial charge in [-0.25, -0.2) is 4.68 Å². The van der Waals surface area contributed by atoms with E-state index in [4.69, 9.17) is 9.47 Å². The van der Waals surface area contributed by atoms with Crippen molar-refractivity contribution in [3.63, 3.8) is 0 Å². The number of anilines is 2. The molecule has 0 saturated carbocycles. The highest BCUT2D eigenvalue weighted by Crippen LogP contribution is 2.33. The molecule has 1 aliphatic rings. The Hall–Kier alpha value is -4.59. The van der Waals surface area contributed by atoms with Gasteiger partial charge >= 0.3 is 0 Å². The molecule has 5 rings (SSSR count). The fourth-order valence-electron chi connectivity index (χ4n) is 3.79. The molecule has 0 saturated heterocycles. The van der Waals surface area contributed by atoms with Gasteiger partial charge in [-0.15, -0.1) is 5.10 Å². The van der Waals surface area contributed by atoms with E-state index in [2.05, 4.69) is 26.8 Å². The number of carbonyl (C=O) groups excluding carboxylic acids is 1. The molecule has 2 N–H and O–H groups in total. The maximum atomic E-state index is 12.7. The van der Waals surface area contributed by atoms with Crippen LogP contribution in [0.3, 0.4) is 0 Å². The lowest BCUT2D eigenvalue weighted by molar-refractivity contribution is 0.102. The minimum Gasteiger partial charge on any atom is -0.497 e. The molecule has 8 nitrogen and oxygen atoms in total. The summed E-state index contributed by atoms with van der Waals surface area (Å²) in [6, 6.07) is 24.5. The van der Waals surface area contributed by atoms with E-state index in [-0.39, 0.29) is 17.9 Å². The highest BCUT2D eigenvalue weighted by Gasteiger charge is 2.26. The second-order valence-corrected chi connectivity index (χ2v) is 7.68. The molecule has 0 radical (unpaired) electrons. The third kappa shape index (κ3) is 4.21. The lowest BCUT2D eigenvalue weighted by atomic mass is 10.0. The van der Waals surface area contributed by atoms with Crippen LogP contribution in [-0.4, -0.2) is 34.9 Å². The minimum atomic E-state index is -0.303. The largest absolute Gasteiger partial charge is 0.497 e. The zero-order valence-electron chi connectivity index (χ0n) is 18.7. The Labute approximate surface area is 196 Å². The molecule has 34 heavy (non-hydrogen) atoms. The van der Waals surface area contributed by atoms with Gasteiger partial charge in [-0.1, -0.05) is 42.5 Å². The van der Waals surface area contributed by atoms with Gasteiger partial charge in [0, 0.05) is 11.3 Å². The minimum absolute atomic E-state index is 0.213. The number of nitrogens with zero attached hydrogens (tertiary/aromatic N) is 3. The number of hydrogen-bond acceptors (Lipinski definition) is 6. The standard InChI is InChI=1S/C26H23N5O3/c1-33-20-12-8-18(9-13-20)23-16-22(17-6-4-3-5-7-17)27-26-29-25(30-31(23)26)28-24(32)19-10-14-21(34-2)15-11-19/h3-16,23H,1-2H3,(H2,27,28,29,30,32). The van der Waals surface area contributed by atoms with E-state index in [1.54, 1.807) is 43.2 Å². The number of benzene rings is 3. The van der Waals surface area contributed by atoms with Gasteiger partial charge in [0.25, 0.3) is 11.9 Å². The normalized spacial score (nSPS) is 14.4. The van der Waals surface area contributed by atoms with E-state index >= 15 is 0 Å². The topological polar surface area (TPSA) is 90.3 Å². The Morgan fingerprint density at radius 3 is 2.21 bits per heavy atom. The van der Waals surface area contributed by atoms with Crippen LogP contribution in [0.25, 0.3) is 5.70 Å². The number of carbonyl (C=O) groups is 1. The van der Waals surface area contributed by atoms with Crippen molar-refractivity contribution >= 4 is 23.5 Å². The lowest BCUT2D eigenvalue weighted by Crippen LogP contribution is -2.20. The van der Waals surface area contributed by atoms with Crippen molar-refractivity contribution in [3.05, 3.63) is 102 Å². The number of fused-ring (bicyclic) bond motifs is 1. The van der Waals surface area contributed by atoms with Gasteiger partial charge in [0.05, 0.1) is 14.2 Å². The lowest BCUT2D eigenvalue weighted by Gasteiger charge is -2.24. The second kappa shape index (κ2) is 9.11. The van der Waals surface area contributed by atoms with Crippen LogP contribution >= 0.6 is 0 Å². The summed E-state index contributed by atoms with van der Waals surface area (Å²) in [7, 11) is 3.22. The number of allylic oxidation sites excluding steroid dienone is 1. The number of ether oxygens (including phenoxy) is 2. The Morgan fingerprint density at radius 2 is 1.56 bits per heavy atom. The maximum absolute atomic E-state index is 12.7.